The van der Waals surface area contributed by atoms with Gasteiger partial charge in [-0.15, -0.1) is 0 Å². The van der Waals surface area contributed by atoms with Crippen molar-refractivity contribution in [3.05, 3.63) is 0 Å². The Hall–Kier alpha value is -1.06. The molecule has 0 aromatic heterocycles. The number of carboxylic acids is 1. The minimum atomic E-state index is -0.750. The summed E-state index contributed by atoms with van der Waals surface area (Å²) in [5.41, 5.74) is -0.186. The van der Waals surface area contributed by atoms with Crippen LogP contribution in [-0.2, 0) is 9.63 Å². The van der Waals surface area contributed by atoms with E-state index in [1.54, 1.807) is 6.21 Å². The van der Waals surface area contributed by atoms with Gasteiger partial charge in [-0.2, -0.15) is 0 Å². The lowest BCUT2D eigenvalue weighted by atomic mass is 10.1. The van der Waals surface area contributed by atoms with Crippen LogP contribution >= 0.6 is 0 Å². The van der Waals surface area contributed by atoms with Gasteiger partial charge in [-0.25, -0.2) is 0 Å². The van der Waals surface area contributed by atoms with Gasteiger partial charge in [0.05, 0.1) is 5.92 Å². The van der Waals surface area contributed by atoms with Crippen molar-refractivity contribution in [2.45, 2.75) is 40.2 Å². The second-order valence-electron chi connectivity index (χ2n) is 4.74. The molecule has 86 valence electrons. The molecule has 0 aromatic carbocycles. The van der Waals surface area contributed by atoms with E-state index in [9.17, 15) is 4.79 Å². The van der Waals surface area contributed by atoms with E-state index >= 15 is 0 Å². The third kappa shape index (κ3) is 2.49. The Bertz CT molecular complexity index is 273. The third-order valence-electron chi connectivity index (χ3n) is 3.21. The molecule has 0 radical (unpaired) electrons. The second-order valence-corrected chi connectivity index (χ2v) is 4.74. The van der Waals surface area contributed by atoms with Crippen LogP contribution in [-0.4, -0.2) is 23.4 Å². The number of rotatable bonds is 5. The fraction of sp³-hybridized carbons (Fsp3) is 0.818. The van der Waals surface area contributed by atoms with Gasteiger partial charge >= 0.3 is 5.97 Å². The van der Waals surface area contributed by atoms with Gasteiger partial charge in [0.2, 0.25) is 0 Å². The quantitative estimate of drug-likeness (QED) is 0.562. The molecule has 0 saturated heterocycles. The summed E-state index contributed by atoms with van der Waals surface area (Å²) in [5.74, 6) is -1.07. The van der Waals surface area contributed by atoms with Crippen LogP contribution in [0.5, 0.6) is 0 Å². The maximum atomic E-state index is 10.8. The van der Waals surface area contributed by atoms with Crippen LogP contribution in [0.1, 0.15) is 34.1 Å². The molecule has 1 fully saturated rings. The summed E-state index contributed by atoms with van der Waals surface area (Å²) >= 11 is 0. The molecule has 15 heavy (non-hydrogen) atoms. The van der Waals surface area contributed by atoms with Crippen LogP contribution in [0.2, 0.25) is 0 Å². The highest BCUT2D eigenvalue weighted by molar-refractivity contribution is 5.84. The number of carboxylic acid groups (broad SMARTS) is 1. The first-order valence-electron chi connectivity index (χ1n) is 5.33. The second kappa shape index (κ2) is 4.21. The van der Waals surface area contributed by atoms with Crippen LogP contribution in [0.25, 0.3) is 0 Å². The molecular weight excluding hydrogens is 194 g/mol. The number of aliphatic carboxylic acids is 1. The fourth-order valence-electron chi connectivity index (χ4n) is 1.71. The molecule has 1 N–H and O–H groups in total. The van der Waals surface area contributed by atoms with Gasteiger partial charge in [0.25, 0.3) is 0 Å². The molecule has 0 spiro atoms. The largest absolute Gasteiger partial charge is 0.481 e. The molecule has 3 atom stereocenters. The summed E-state index contributed by atoms with van der Waals surface area (Å²) in [7, 11) is 0. The zero-order valence-electron chi connectivity index (χ0n) is 9.73. The van der Waals surface area contributed by atoms with E-state index in [1.807, 2.05) is 27.7 Å². The summed E-state index contributed by atoms with van der Waals surface area (Å²) in [5, 5.41) is 12.8. The van der Waals surface area contributed by atoms with Crippen molar-refractivity contribution in [1.29, 1.82) is 0 Å². The van der Waals surface area contributed by atoms with E-state index in [4.69, 9.17) is 9.94 Å². The first-order valence-corrected chi connectivity index (χ1v) is 5.33. The lowest BCUT2D eigenvalue weighted by Crippen LogP contribution is -2.03. The van der Waals surface area contributed by atoms with Crippen molar-refractivity contribution >= 4 is 12.2 Å². The van der Waals surface area contributed by atoms with Crippen molar-refractivity contribution in [2.75, 3.05) is 0 Å². The third-order valence-corrected chi connectivity index (χ3v) is 3.21. The Morgan fingerprint density at radius 1 is 1.67 bits per heavy atom. The van der Waals surface area contributed by atoms with Gasteiger partial charge in [0.15, 0.2) is 0 Å². The van der Waals surface area contributed by atoms with Gasteiger partial charge in [-0.1, -0.05) is 25.9 Å². The van der Waals surface area contributed by atoms with E-state index in [-0.39, 0.29) is 23.4 Å². The van der Waals surface area contributed by atoms with Crippen LogP contribution < -0.4 is 0 Å². The lowest BCUT2D eigenvalue weighted by molar-refractivity contribution is -0.139. The normalized spacial score (nSPS) is 30.1. The number of hydrogen-bond acceptors (Lipinski definition) is 3. The number of nitrogens with zero attached hydrogens (tertiary/aromatic N) is 1. The van der Waals surface area contributed by atoms with Gasteiger partial charge < -0.3 is 9.94 Å². The molecule has 0 amide bonds. The van der Waals surface area contributed by atoms with Crippen molar-refractivity contribution in [3.63, 3.8) is 0 Å². The highest BCUT2D eigenvalue weighted by Gasteiger charge is 2.61. The maximum absolute atomic E-state index is 10.8. The standard InChI is InChI=1S/C11H19NO3/c1-5-7(2)15-12-6-8-9(10(13)14)11(8,3)4/h6-9H,5H2,1-4H3,(H,13,14)/b12-6+. The van der Waals surface area contributed by atoms with Crippen LogP contribution in [0, 0.1) is 17.3 Å². The monoisotopic (exact) mass is 213 g/mol. The topological polar surface area (TPSA) is 58.9 Å². The van der Waals surface area contributed by atoms with Crippen molar-refractivity contribution in [3.8, 4) is 0 Å². The van der Waals surface area contributed by atoms with Gasteiger partial charge in [0.1, 0.15) is 6.10 Å². The average molecular weight is 213 g/mol. The summed E-state index contributed by atoms with van der Waals surface area (Å²) in [6, 6.07) is 0. The number of oxime groups is 1. The molecule has 4 heteroatoms. The smallest absolute Gasteiger partial charge is 0.307 e. The van der Waals surface area contributed by atoms with E-state index in [0.717, 1.165) is 6.42 Å². The first-order chi connectivity index (χ1) is 6.91. The number of carbonyl (C=O) groups is 1. The Kier molecular flexibility index (Phi) is 3.37. The Labute approximate surface area is 90.3 Å². The minimum absolute atomic E-state index is 0.000874. The summed E-state index contributed by atoms with van der Waals surface area (Å²) in [6.45, 7) is 7.82. The van der Waals surface area contributed by atoms with Gasteiger partial charge in [-0.05, 0) is 18.8 Å². The first kappa shape index (κ1) is 12.0. The van der Waals surface area contributed by atoms with E-state index in [0.29, 0.717) is 0 Å². The lowest BCUT2D eigenvalue weighted by Gasteiger charge is -2.04. The Morgan fingerprint density at radius 2 is 2.27 bits per heavy atom. The summed E-state index contributed by atoms with van der Waals surface area (Å²) < 4.78 is 0. The molecule has 0 aliphatic heterocycles. The number of hydrogen-bond donors (Lipinski definition) is 1. The Balaban J connectivity index is 2.44. The predicted octanol–water partition coefficient (Wildman–Crippen LogP) is 2.14. The van der Waals surface area contributed by atoms with Crippen LogP contribution in [0.3, 0.4) is 0 Å². The summed E-state index contributed by atoms with van der Waals surface area (Å²) in [6.07, 6.45) is 2.62. The van der Waals surface area contributed by atoms with Crippen LogP contribution in [0.15, 0.2) is 5.16 Å². The molecule has 0 aromatic rings. The minimum Gasteiger partial charge on any atom is -0.481 e. The zero-order valence-corrected chi connectivity index (χ0v) is 9.73. The SMILES string of the molecule is CCC(C)O/N=C/C1C(C(=O)O)C1(C)C. The molecular formula is C11H19NO3. The maximum Gasteiger partial charge on any atom is 0.307 e. The molecule has 0 heterocycles. The molecule has 4 nitrogen and oxygen atoms in total. The van der Waals surface area contributed by atoms with Crippen LogP contribution in [0.4, 0.5) is 0 Å². The van der Waals surface area contributed by atoms with E-state index < -0.39 is 5.97 Å². The molecule has 3 unspecified atom stereocenters. The summed E-state index contributed by atoms with van der Waals surface area (Å²) in [4.78, 5) is 16.0. The highest BCUT2D eigenvalue weighted by Crippen LogP contribution is 2.57. The average Bonchev–Trinajstić information content (AvgIpc) is 2.68. The van der Waals surface area contributed by atoms with Crippen molar-refractivity contribution < 1.29 is 14.7 Å². The van der Waals surface area contributed by atoms with Crippen molar-refractivity contribution in [2.24, 2.45) is 22.4 Å². The highest BCUT2D eigenvalue weighted by atomic mass is 16.6. The van der Waals surface area contributed by atoms with Gasteiger partial charge in [-0.3, -0.25) is 4.79 Å². The van der Waals surface area contributed by atoms with Gasteiger partial charge in [0, 0.05) is 12.1 Å². The predicted molar refractivity (Wildman–Crippen MR) is 57.7 cm³/mol. The Morgan fingerprint density at radius 3 is 2.67 bits per heavy atom. The molecule has 1 aliphatic rings. The molecule has 0 bridgehead atoms. The molecule has 1 rings (SSSR count). The molecule has 1 aliphatic carbocycles. The zero-order chi connectivity index (χ0) is 11.6. The molecule has 1 saturated carbocycles. The van der Waals surface area contributed by atoms with E-state index in [1.165, 1.54) is 0 Å². The van der Waals surface area contributed by atoms with Crippen molar-refractivity contribution in [1.82, 2.24) is 0 Å². The van der Waals surface area contributed by atoms with E-state index in [2.05, 4.69) is 5.16 Å². The fourth-order valence-corrected chi connectivity index (χ4v) is 1.71.